The molecule has 0 spiro atoms. The van der Waals surface area contributed by atoms with E-state index in [9.17, 15) is 4.39 Å². The van der Waals surface area contributed by atoms with Gasteiger partial charge in [-0.1, -0.05) is 6.07 Å². The number of hydrogen-bond donors (Lipinski definition) is 2. The molecule has 1 aliphatic rings. The maximum absolute atomic E-state index is 13.8. The van der Waals surface area contributed by atoms with Gasteiger partial charge in [-0.3, -0.25) is 0 Å². The summed E-state index contributed by atoms with van der Waals surface area (Å²) in [4.78, 5) is 0. The summed E-state index contributed by atoms with van der Waals surface area (Å²) in [6.45, 7) is 1.02. The minimum absolute atomic E-state index is 0.0441. The predicted molar refractivity (Wildman–Crippen MR) is 50.6 cm³/mol. The molecule has 1 aromatic rings. The van der Waals surface area contributed by atoms with Gasteiger partial charge in [0.2, 0.25) is 0 Å². The number of hydrogen-bond acceptors (Lipinski definition) is 4. The van der Waals surface area contributed by atoms with Crippen LogP contribution in [0.4, 0.5) is 4.39 Å². The van der Waals surface area contributed by atoms with Crippen molar-refractivity contribution in [2.24, 2.45) is 0 Å². The SMILES string of the molecule is ONCc1ccc2c(c1F)OCCCO2. The van der Waals surface area contributed by atoms with Crippen molar-refractivity contribution in [2.75, 3.05) is 13.2 Å². The third-order valence-electron chi connectivity index (χ3n) is 2.20. The Bertz CT molecular complexity index is 357. The summed E-state index contributed by atoms with van der Waals surface area (Å²) in [5, 5.41) is 8.52. The molecule has 2 rings (SSSR count). The maximum atomic E-state index is 13.8. The van der Waals surface area contributed by atoms with Crippen LogP contribution >= 0.6 is 0 Å². The van der Waals surface area contributed by atoms with Gasteiger partial charge in [-0.05, 0) is 6.07 Å². The van der Waals surface area contributed by atoms with Gasteiger partial charge in [0.25, 0.3) is 0 Å². The number of ether oxygens (including phenoxy) is 2. The molecule has 0 amide bonds. The van der Waals surface area contributed by atoms with Crippen LogP contribution in [0.1, 0.15) is 12.0 Å². The Kier molecular flexibility index (Phi) is 3.03. The molecule has 1 aliphatic heterocycles. The second-order valence-electron chi connectivity index (χ2n) is 3.25. The highest BCUT2D eigenvalue weighted by molar-refractivity contribution is 5.44. The molecule has 1 heterocycles. The van der Waals surface area contributed by atoms with Gasteiger partial charge in [0.05, 0.1) is 13.2 Å². The summed E-state index contributed by atoms with van der Waals surface area (Å²) in [5.74, 6) is 0.0860. The van der Waals surface area contributed by atoms with E-state index in [1.807, 2.05) is 5.48 Å². The van der Waals surface area contributed by atoms with E-state index in [0.717, 1.165) is 6.42 Å². The monoisotopic (exact) mass is 213 g/mol. The molecule has 4 nitrogen and oxygen atoms in total. The van der Waals surface area contributed by atoms with E-state index in [4.69, 9.17) is 14.7 Å². The molecule has 0 unspecified atom stereocenters. The molecular formula is C10H12FNO3. The summed E-state index contributed by atoms with van der Waals surface area (Å²) >= 11 is 0. The highest BCUT2D eigenvalue weighted by atomic mass is 19.1. The average molecular weight is 213 g/mol. The molecule has 0 fully saturated rings. The highest BCUT2D eigenvalue weighted by Gasteiger charge is 2.17. The molecule has 0 radical (unpaired) electrons. The average Bonchev–Trinajstić information content (AvgIpc) is 2.48. The largest absolute Gasteiger partial charge is 0.489 e. The van der Waals surface area contributed by atoms with Gasteiger partial charge in [0, 0.05) is 18.5 Å². The zero-order valence-electron chi connectivity index (χ0n) is 8.12. The van der Waals surface area contributed by atoms with Gasteiger partial charge in [0.1, 0.15) is 0 Å². The molecule has 82 valence electrons. The quantitative estimate of drug-likeness (QED) is 0.730. The summed E-state index contributed by atoms with van der Waals surface area (Å²) in [6.07, 6.45) is 0.738. The topological polar surface area (TPSA) is 50.7 Å². The van der Waals surface area contributed by atoms with Crippen LogP contribution in [0.2, 0.25) is 0 Å². The molecule has 0 saturated heterocycles. The lowest BCUT2D eigenvalue weighted by atomic mass is 10.2. The van der Waals surface area contributed by atoms with Crippen molar-refractivity contribution in [1.29, 1.82) is 0 Å². The van der Waals surface area contributed by atoms with Gasteiger partial charge in [-0.25, -0.2) is 9.87 Å². The van der Waals surface area contributed by atoms with E-state index >= 15 is 0 Å². The first-order valence-corrected chi connectivity index (χ1v) is 4.77. The molecule has 5 heteroatoms. The van der Waals surface area contributed by atoms with E-state index in [1.165, 1.54) is 0 Å². The summed E-state index contributed by atoms with van der Waals surface area (Å²) in [5.41, 5.74) is 2.26. The zero-order valence-corrected chi connectivity index (χ0v) is 8.12. The number of hydroxylamine groups is 1. The first kappa shape index (κ1) is 10.2. The predicted octanol–water partition coefficient (Wildman–Crippen LogP) is 1.47. The van der Waals surface area contributed by atoms with Crippen LogP contribution < -0.4 is 15.0 Å². The molecule has 1 aromatic carbocycles. The zero-order chi connectivity index (χ0) is 10.7. The molecule has 0 aliphatic carbocycles. The van der Waals surface area contributed by atoms with E-state index < -0.39 is 5.82 Å². The van der Waals surface area contributed by atoms with Crippen molar-refractivity contribution >= 4 is 0 Å². The van der Waals surface area contributed by atoms with E-state index in [0.29, 0.717) is 24.5 Å². The lowest BCUT2D eigenvalue weighted by Crippen LogP contribution is -2.09. The van der Waals surface area contributed by atoms with Crippen LogP contribution in [-0.2, 0) is 6.54 Å². The van der Waals surface area contributed by atoms with Crippen LogP contribution in [0.3, 0.4) is 0 Å². The van der Waals surface area contributed by atoms with Crippen LogP contribution in [0.25, 0.3) is 0 Å². The molecule has 0 saturated carbocycles. The van der Waals surface area contributed by atoms with Gasteiger partial charge < -0.3 is 14.7 Å². The maximum Gasteiger partial charge on any atom is 0.197 e. The second-order valence-corrected chi connectivity index (χ2v) is 3.25. The van der Waals surface area contributed by atoms with Crippen LogP contribution in [0, 0.1) is 5.82 Å². The van der Waals surface area contributed by atoms with Crippen molar-refractivity contribution < 1.29 is 19.1 Å². The normalized spacial score (nSPS) is 14.8. The molecule has 0 atom stereocenters. The van der Waals surface area contributed by atoms with E-state index in [1.54, 1.807) is 12.1 Å². The number of nitrogens with one attached hydrogen (secondary N) is 1. The Labute approximate surface area is 86.6 Å². The third kappa shape index (κ3) is 2.03. The summed E-state index contributed by atoms with van der Waals surface area (Å²) in [6, 6.07) is 3.21. The lowest BCUT2D eigenvalue weighted by molar-refractivity contribution is 0.159. The Morgan fingerprint density at radius 1 is 1.33 bits per heavy atom. The highest BCUT2D eigenvalue weighted by Crippen LogP contribution is 2.34. The lowest BCUT2D eigenvalue weighted by Gasteiger charge is -2.10. The molecular weight excluding hydrogens is 201 g/mol. The van der Waals surface area contributed by atoms with Crippen molar-refractivity contribution in [3.63, 3.8) is 0 Å². The summed E-state index contributed by atoms with van der Waals surface area (Å²) < 4.78 is 24.3. The van der Waals surface area contributed by atoms with Crippen molar-refractivity contribution in [3.8, 4) is 11.5 Å². The minimum Gasteiger partial charge on any atom is -0.489 e. The van der Waals surface area contributed by atoms with Gasteiger partial charge in [0.15, 0.2) is 17.3 Å². The van der Waals surface area contributed by atoms with E-state index in [2.05, 4.69) is 0 Å². The minimum atomic E-state index is -0.476. The van der Waals surface area contributed by atoms with Crippen molar-refractivity contribution in [3.05, 3.63) is 23.5 Å². The fraction of sp³-hybridized carbons (Fsp3) is 0.400. The molecule has 15 heavy (non-hydrogen) atoms. The number of benzene rings is 1. The fourth-order valence-corrected chi connectivity index (χ4v) is 1.46. The number of rotatable bonds is 2. The number of fused-ring (bicyclic) bond motifs is 1. The Hall–Kier alpha value is -1.33. The van der Waals surface area contributed by atoms with E-state index in [-0.39, 0.29) is 12.3 Å². The first-order chi connectivity index (χ1) is 7.33. The third-order valence-corrected chi connectivity index (χ3v) is 2.20. The summed E-state index contributed by atoms with van der Waals surface area (Å²) in [7, 11) is 0. The van der Waals surface area contributed by atoms with Gasteiger partial charge in [-0.2, -0.15) is 0 Å². The van der Waals surface area contributed by atoms with Crippen molar-refractivity contribution in [2.45, 2.75) is 13.0 Å². The van der Waals surface area contributed by atoms with Crippen LogP contribution in [-0.4, -0.2) is 18.4 Å². The molecule has 2 N–H and O–H groups in total. The first-order valence-electron chi connectivity index (χ1n) is 4.77. The van der Waals surface area contributed by atoms with Crippen LogP contribution in [0.15, 0.2) is 12.1 Å². The Morgan fingerprint density at radius 3 is 2.93 bits per heavy atom. The smallest absolute Gasteiger partial charge is 0.197 e. The Balaban J connectivity index is 2.36. The Morgan fingerprint density at radius 2 is 2.13 bits per heavy atom. The van der Waals surface area contributed by atoms with Gasteiger partial charge >= 0.3 is 0 Å². The second kappa shape index (κ2) is 4.46. The molecule has 0 bridgehead atoms. The number of halogens is 1. The fourth-order valence-electron chi connectivity index (χ4n) is 1.46. The van der Waals surface area contributed by atoms with Crippen molar-refractivity contribution in [1.82, 2.24) is 5.48 Å². The van der Waals surface area contributed by atoms with Crippen LogP contribution in [0.5, 0.6) is 11.5 Å². The standard InChI is InChI=1S/C10H12FNO3/c11-9-7(6-12-13)2-3-8-10(9)15-5-1-4-14-8/h2-3,12-13H,1,4-6H2. The molecule has 0 aromatic heterocycles. The van der Waals surface area contributed by atoms with Gasteiger partial charge in [-0.15, -0.1) is 0 Å².